The molecule has 1 heterocycles. The van der Waals surface area contributed by atoms with E-state index >= 15 is 0 Å². The zero-order valence-electron chi connectivity index (χ0n) is 11.1. The van der Waals surface area contributed by atoms with E-state index in [0.29, 0.717) is 12.0 Å². The number of hydrogen-bond acceptors (Lipinski definition) is 4. The van der Waals surface area contributed by atoms with Gasteiger partial charge < -0.3 is 11.1 Å². The molecule has 110 valence electrons. The van der Waals surface area contributed by atoms with Crippen molar-refractivity contribution in [3.05, 3.63) is 29.1 Å². The Hall–Kier alpha value is -1.63. The molecule has 0 aromatic heterocycles. The number of benzene rings is 1. The van der Waals surface area contributed by atoms with E-state index in [1.165, 1.54) is 13.0 Å². The lowest BCUT2D eigenvalue weighted by atomic mass is 10.1. The molecule has 1 atom stereocenters. The number of halogens is 1. The maximum Gasteiger partial charge on any atom is 0.251 e. The van der Waals surface area contributed by atoms with Crippen LogP contribution in [-0.4, -0.2) is 32.4 Å². The maximum absolute atomic E-state index is 13.5. The summed E-state index contributed by atoms with van der Waals surface area (Å²) in [5, 5.41) is 2.63. The van der Waals surface area contributed by atoms with Crippen LogP contribution in [0.3, 0.4) is 0 Å². The standard InChI is InChI=1S/C13H17FN2O3S/c1-8-11(14)4-10(5-12(8)15)13(17)16-6-9-2-3-20(18,19)7-9/h4-5,9H,2-3,6-7,15H2,1H3,(H,16,17). The van der Waals surface area contributed by atoms with E-state index < -0.39 is 21.6 Å². The number of anilines is 1. The van der Waals surface area contributed by atoms with Gasteiger partial charge in [-0.3, -0.25) is 4.79 Å². The summed E-state index contributed by atoms with van der Waals surface area (Å²) in [5.41, 5.74) is 6.29. The number of nitrogen functional groups attached to an aromatic ring is 1. The van der Waals surface area contributed by atoms with Crippen LogP contribution in [0.2, 0.25) is 0 Å². The van der Waals surface area contributed by atoms with Crippen LogP contribution in [0.1, 0.15) is 22.3 Å². The quantitative estimate of drug-likeness (QED) is 0.811. The van der Waals surface area contributed by atoms with Gasteiger partial charge in [0.05, 0.1) is 11.5 Å². The van der Waals surface area contributed by atoms with Gasteiger partial charge in [0, 0.05) is 23.4 Å². The summed E-state index contributed by atoms with van der Waals surface area (Å²) < 4.78 is 36.1. The molecule has 7 heteroatoms. The molecule has 0 saturated carbocycles. The molecule has 1 fully saturated rings. The topological polar surface area (TPSA) is 89.3 Å². The van der Waals surface area contributed by atoms with E-state index in [-0.39, 0.29) is 35.2 Å². The zero-order chi connectivity index (χ0) is 14.9. The Bertz CT molecular complexity index is 620. The highest BCUT2D eigenvalue weighted by Gasteiger charge is 2.28. The molecule has 0 radical (unpaired) electrons. The smallest absolute Gasteiger partial charge is 0.251 e. The van der Waals surface area contributed by atoms with E-state index in [1.54, 1.807) is 0 Å². The number of carbonyl (C=O) groups excluding carboxylic acids is 1. The van der Waals surface area contributed by atoms with Gasteiger partial charge >= 0.3 is 0 Å². The van der Waals surface area contributed by atoms with E-state index in [9.17, 15) is 17.6 Å². The minimum absolute atomic E-state index is 0.0726. The first kappa shape index (κ1) is 14.8. The predicted molar refractivity (Wildman–Crippen MR) is 74.6 cm³/mol. The molecule has 0 spiro atoms. The van der Waals surface area contributed by atoms with Crippen LogP contribution in [0.15, 0.2) is 12.1 Å². The summed E-state index contributed by atoms with van der Waals surface area (Å²) >= 11 is 0. The molecule has 1 saturated heterocycles. The lowest BCUT2D eigenvalue weighted by Gasteiger charge is -2.11. The Morgan fingerprint density at radius 2 is 2.20 bits per heavy atom. The van der Waals surface area contributed by atoms with Gasteiger partial charge in [0.15, 0.2) is 9.84 Å². The third-order valence-corrected chi connectivity index (χ3v) is 5.36. The number of amides is 1. The van der Waals surface area contributed by atoms with Gasteiger partial charge in [-0.1, -0.05) is 0 Å². The Kier molecular flexibility index (Phi) is 3.99. The number of sulfone groups is 1. The van der Waals surface area contributed by atoms with Gasteiger partial charge in [0.2, 0.25) is 0 Å². The first-order chi connectivity index (χ1) is 9.28. The third kappa shape index (κ3) is 3.27. The fraction of sp³-hybridized carbons (Fsp3) is 0.462. The average molecular weight is 300 g/mol. The van der Waals surface area contributed by atoms with Gasteiger partial charge in [-0.05, 0) is 31.4 Å². The second kappa shape index (κ2) is 5.40. The summed E-state index contributed by atoms with van der Waals surface area (Å²) in [6.07, 6.45) is 0.549. The minimum Gasteiger partial charge on any atom is -0.398 e. The van der Waals surface area contributed by atoms with Crippen molar-refractivity contribution in [2.75, 3.05) is 23.8 Å². The van der Waals surface area contributed by atoms with Gasteiger partial charge in [-0.15, -0.1) is 0 Å². The summed E-state index contributed by atoms with van der Waals surface area (Å²) in [7, 11) is -2.96. The fourth-order valence-corrected chi connectivity index (χ4v) is 4.07. The van der Waals surface area contributed by atoms with Crippen LogP contribution >= 0.6 is 0 Å². The SMILES string of the molecule is Cc1c(N)cc(C(=O)NCC2CCS(=O)(=O)C2)cc1F. The van der Waals surface area contributed by atoms with Crippen molar-refractivity contribution < 1.29 is 17.6 Å². The summed E-state index contributed by atoms with van der Waals surface area (Å²) in [4.78, 5) is 11.9. The average Bonchev–Trinajstić information content (AvgIpc) is 2.72. The monoisotopic (exact) mass is 300 g/mol. The van der Waals surface area contributed by atoms with Crippen LogP contribution in [0.25, 0.3) is 0 Å². The van der Waals surface area contributed by atoms with Crippen LogP contribution in [0, 0.1) is 18.7 Å². The minimum atomic E-state index is -2.96. The molecule has 5 nitrogen and oxygen atoms in total. The molecule has 0 bridgehead atoms. The molecule has 1 aromatic rings. The number of hydrogen-bond donors (Lipinski definition) is 2. The van der Waals surface area contributed by atoms with Gasteiger partial charge in [0.1, 0.15) is 5.82 Å². The van der Waals surface area contributed by atoms with Gasteiger partial charge in [0.25, 0.3) is 5.91 Å². The largest absolute Gasteiger partial charge is 0.398 e. The van der Waals surface area contributed by atoms with E-state index in [2.05, 4.69) is 5.32 Å². The lowest BCUT2D eigenvalue weighted by molar-refractivity contribution is 0.0948. The highest BCUT2D eigenvalue weighted by Crippen LogP contribution is 2.19. The second-order valence-corrected chi connectivity index (χ2v) is 7.38. The van der Waals surface area contributed by atoms with Crippen molar-refractivity contribution in [1.82, 2.24) is 5.32 Å². The van der Waals surface area contributed by atoms with Crippen LogP contribution in [-0.2, 0) is 9.84 Å². The summed E-state index contributed by atoms with van der Waals surface area (Å²) in [6, 6.07) is 2.55. The van der Waals surface area contributed by atoms with Crippen molar-refractivity contribution in [1.29, 1.82) is 0 Å². The van der Waals surface area contributed by atoms with Crippen molar-refractivity contribution in [2.45, 2.75) is 13.3 Å². The molecule has 1 unspecified atom stereocenters. The number of carbonyl (C=O) groups is 1. The van der Waals surface area contributed by atoms with E-state index in [0.717, 1.165) is 6.07 Å². The van der Waals surface area contributed by atoms with Crippen molar-refractivity contribution in [2.24, 2.45) is 5.92 Å². The lowest BCUT2D eigenvalue weighted by Crippen LogP contribution is -2.30. The maximum atomic E-state index is 13.5. The van der Waals surface area contributed by atoms with Crippen molar-refractivity contribution in [3.8, 4) is 0 Å². The molecule has 1 aromatic carbocycles. The Labute approximate surface area is 117 Å². The zero-order valence-corrected chi connectivity index (χ0v) is 12.0. The molecule has 3 N–H and O–H groups in total. The summed E-state index contributed by atoms with van der Waals surface area (Å²) in [6.45, 7) is 1.81. The number of nitrogens with one attached hydrogen (secondary N) is 1. The van der Waals surface area contributed by atoms with E-state index in [4.69, 9.17) is 5.73 Å². The molecule has 1 amide bonds. The molecule has 1 aliphatic rings. The first-order valence-electron chi connectivity index (χ1n) is 6.33. The predicted octanol–water partition coefficient (Wildman–Crippen LogP) is 0.881. The molecule has 2 rings (SSSR count). The molecular weight excluding hydrogens is 283 g/mol. The van der Waals surface area contributed by atoms with Crippen LogP contribution < -0.4 is 11.1 Å². The van der Waals surface area contributed by atoms with Crippen LogP contribution in [0.5, 0.6) is 0 Å². The highest BCUT2D eigenvalue weighted by atomic mass is 32.2. The fourth-order valence-electron chi connectivity index (χ4n) is 2.20. The van der Waals surface area contributed by atoms with Crippen LogP contribution in [0.4, 0.5) is 10.1 Å². The van der Waals surface area contributed by atoms with Gasteiger partial charge in [-0.2, -0.15) is 0 Å². The Morgan fingerprint density at radius 1 is 1.50 bits per heavy atom. The normalized spacial score (nSPS) is 20.8. The highest BCUT2D eigenvalue weighted by molar-refractivity contribution is 7.91. The first-order valence-corrected chi connectivity index (χ1v) is 8.15. The number of rotatable bonds is 3. The Balaban J connectivity index is 1.99. The van der Waals surface area contributed by atoms with Gasteiger partial charge in [-0.25, -0.2) is 12.8 Å². The number of nitrogens with two attached hydrogens (primary N) is 1. The molecule has 1 aliphatic heterocycles. The second-order valence-electron chi connectivity index (χ2n) is 5.15. The molecule has 20 heavy (non-hydrogen) atoms. The van der Waals surface area contributed by atoms with E-state index in [1.807, 2.05) is 0 Å². The van der Waals surface area contributed by atoms with Crippen molar-refractivity contribution >= 4 is 21.4 Å². The Morgan fingerprint density at radius 3 is 2.75 bits per heavy atom. The third-order valence-electron chi connectivity index (χ3n) is 3.52. The molecule has 0 aliphatic carbocycles. The molecular formula is C13H17FN2O3S. The van der Waals surface area contributed by atoms with Crippen molar-refractivity contribution in [3.63, 3.8) is 0 Å². The summed E-state index contributed by atoms with van der Waals surface area (Å²) in [5.74, 6) is -0.785.